The molecule has 0 heterocycles. The van der Waals surface area contributed by atoms with E-state index in [4.69, 9.17) is 4.74 Å². The molecule has 1 heteroatoms. The smallest absolute Gasteiger partial charge is 0.0647 e. The minimum Gasteiger partial charge on any atom is -0.377 e. The number of rotatable bonds is 5. The molecule has 0 aliphatic heterocycles. The molecule has 0 amide bonds. The molecule has 0 aromatic carbocycles. The average molecular weight is 128 g/mol. The average Bonchev–Trinajstić information content (AvgIpc) is 1.89. The van der Waals surface area contributed by atoms with Crippen molar-refractivity contribution < 1.29 is 4.74 Å². The fourth-order valence-electron chi connectivity index (χ4n) is 0.530. The van der Waals surface area contributed by atoms with Crippen molar-refractivity contribution >= 4 is 0 Å². The van der Waals surface area contributed by atoms with Crippen molar-refractivity contribution in [3.8, 4) is 0 Å². The van der Waals surface area contributed by atoms with Gasteiger partial charge in [-0.15, -0.1) is 0 Å². The number of hydrogen-bond acceptors (Lipinski definition) is 1. The Balaban J connectivity index is 2.82. The first kappa shape index (κ1) is 8.70. The van der Waals surface area contributed by atoms with Crippen LogP contribution in [0.15, 0.2) is 12.2 Å². The largest absolute Gasteiger partial charge is 0.377 e. The summed E-state index contributed by atoms with van der Waals surface area (Å²) in [6.45, 7) is 5.90. The third-order valence-corrected chi connectivity index (χ3v) is 0.965. The molecule has 0 radical (unpaired) electrons. The van der Waals surface area contributed by atoms with Gasteiger partial charge < -0.3 is 4.74 Å². The first-order valence-corrected chi connectivity index (χ1v) is 3.64. The van der Waals surface area contributed by atoms with Crippen LogP contribution in [0, 0.1) is 0 Å². The van der Waals surface area contributed by atoms with Crippen molar-refractivity contribution in [1.29, 1.82) is 0 Å². The summed E-state index contributed by atoms with van der Waals surface area (Å²) in [5.74, 6) is 0. The minimum atomic E-state index is 0.779. The first-order valence-electron chi connectivity index (χ1n) is 3.64. The zero-order valence-electron chi connectivity index (χ0n) is 6.39. The second-order valence-corrected chi connectivity index (χ2v) is 1.95. The van der Waals surface area contributed by atoms with Gasteiger partial charge in [-0.2, -0.15) is 0 Å². The Kier molecular flexibility index (Phi) is 7.44. The van der Waals surface area contributed by atoms with E-state index in [1.54, 1.807) is 0 Å². The highest BCUT2D eigenvalue weighted by Crippen LogP contribution is 1.83. The highest BCUT2D eigenvalue weighted by Gasteiger charge is 1.77. The summed E-state index contributed by atoms with van der Waals surface area (Å²) >= 11 is 0. The molecule has 0 bridgehead atoms. The van der Waals surface area contributed by atoms with Crippen molar-refractivity contribution in [3.63, 3.8) is 0 Å². The zero-order valence-corrected chi connectivity index (χ0v) is 6.39. The lowest BCUT2D eigenvalue weighted by Crippen LogP contribution is -1.90. The lowest BCUT2D eigenvalue weighted by atomic mass is 10.4. The minimum absolute atomic E-state index is 0.779. The fraction of sp³-hybridized carbons (Fsp3) is 0.750. The van der Waals surface area contributed by atoms with Gasteiger partial charge in [-0.1, -0.05) is 26.0 Å². The van der Waals surface area contributed by atoms with Gasteiger partial charge in [0.25, 0.3) is 0 Å². The van der Waals surface area contributed by atoms with Crippen LogP contribution in [0.2, 0.25) is 0 Å². The van der Waals surface area contributed by atoms with Crippen LogP contribution < -0.4 is 0 Å². The molecule has 0 aliphatic rings. The Labute approximate surface area is 57.7 Å². The molecule has 54 valence electrons. The Bertz CT molecular complexity index is 67.0. The second kappa shape index (κ2) is 7.70. The van der Waals surface area contributed by atoms with E-state index in [0.717, 1.165) is 26.1 Å². The van der Waals surface area contributed by atoms with Crippen LogP contribution in [0.1, 0.15) is 26.7 Å². The fourth-order valence-corrected chi connectivity index (χ4v) is 0.530. The summed E-state index contributed by atoms with van der Waals surface area (Å²) in [6, 6.07) is 0. The van der Waals surface area contributed by atoms with E-state index in [1.165, 1.54) is 0 Å². The lowest BCUT2D eigenvalue weighted by molar-refractivity contribution is 0.163. The summed E-state index contributed by atoms with van der Waals surface area (Å²) in [4.78, 5) is 0. The summed E-state index contributed by atoms with van der Waals surface area (Å²) < 4.78 is 5.20. The number of hydrogen-bond donors (Lipinski definition) is 0. The molecule has 0 aromatic rings. The summed E-state index contributed by atoms with van der Waals surface area (Å²) in [5, 5.41) is 0. The molecule has 0 fully saturated rings. The molecular weight excluding hydrogens is 112 g/mol. The number of allylic oxidation sites excluding steroid dienone is 1. The van der Waals surface area contributed by atoms with Crippen molar-refractivity contribution in [2.24, 2.45) is 0 Å². The monoisotopic (exact) mass is 128 g/mol. The molecule has 0 unspecified atom stereocenters. The SMILES string of the molecule is CC/C=C/COCCC. The lowest BCUT2D eigenvalue weighted by Gasteiger charge is -1.94. The Hall–Kier alpha value is -0.300. The van der Waals surface area contributed by atoms with Crippen LogP contribution >= 0.6 is 0 Å². The van der Waals surface area contributed by atoms with Crippen LogP contribution in [0.4, 0.5) is 0 Å². The first-order chi connectivity index (χ1) is 4.41. The topological polar surface area (TPSA) is 9.23 Å². The van der Waals surface area contributed by atoms with Gasteiger partial charge in [0.15, 0.2) is 0 Å². The Morgan fingerprint density at radius 3 is 2.56 bits per heavy atom. The highest BCUT2D eigenvalue weighted by atomic mass is 16.5. The third-order valence-electron chi connectivity index (χ3n) is 0.965. The molecule has 0 rings (SSSR count). The maximum Gasteiger partial charge on any atom is 0.0647 e. The maximum atomic E-state index is 5.20. The quantitative estimate of drug-likeness (QED) is 0.408. The normalized spacial score (nSPS) is 10.9. The van der Waals surface area contributed by atoms with E-state index in [-0.39, 0.29) is 0 Å². The summed E-state index contributed by atoms with van der Waals surface area (Å²) in [6.07, 6.45) is 6.40. The van der Waals surface area contributed by atoms with E-state index in [9.17, 15) is 0 Å². The van der Waals surface area contributed by atoms with Crippen molar-refractivity contribution in [2.75, 3.05) is 13.2 Å². The highest BCUT2D eigenvalue weighted by molar-refractivity contribution is 4.79. The van der Waals surface area contributed by atoms with E-state index < -0.39 is 0 Å². The Morgan fingerprint density at radius 1 is 1.22 bits per heavy atom. The predicted molar refractivity (Wildman–Crippen MR) is 40.5 cm³/mol. The molecule has 0 atom stereocenters. The Morgan fingerprint density at radius 2 is 2.00 bits per heavy atom. The van der Waals surface area contributed by atoms with Crippen LogP contribution in [0.25, 0.3) is 0 Å². The molecule has 0 N–H and O–H groups in total. The van der Waals surface area contributed by atoms with Crippen LogP contribution in [-0.2, 0) is 4.74 Å². The van der Waals surface area contributed by atoms with Gasteiger partial charge in [-0.25, -0.2) is 0 Å². The zero-order chi connectivity index (χ0) is 6.95. The van der Waals surface area contributed by atoms with Gasteiger partial charge in [0, 0.05) is 6.61 Å². The molecule has 9 heavy (non-hydrogen) atoms. The molecule has 1 nitrogen and oxygen atoms in total. The van der Waals surface area contributed by atoms with Gasteiger partial charge in [-0.3, -0.25) is 0 Å². The van der Waals surface area contributed by atoms with E-state index in [1.807, 2.05) is 0 Å². The van der Waals surface area contributed by atoms with Gasteiger partial charge in [-0.05, 0) is 12.8 Å². The summed E-state index contributed by atoms with van der Waals surface area (Å²) in [7, 11) is 0. The molecule has 0 aliphatic carbocycles. The summed E-state index contributed by atoms with van der Waals surface area (Å²) in [5.41, 5.74) is 0. The number of ether oxygens (including phenoxy) is 1. The van der Waals surface area contributed by atoms with E-state index in [0.29, 0.717) is 0 Å². The molecule has 0 aromatic heterocycles. The predicted octanol–water partition coefficient (Wildman–Crippen LogP) is 2.38. The van der Waals surface area contributed by atoms with Crippen molar-refractivity contribution in [2.45, 2.75) is 26.7 Å². The van der Waals surface area contributed by atoms with Crippen LogP contribution in [0.5, 0.6) is 0 Å². The van der Waals surface area contributed by atoms with E-state index >= 15 is 0 Å². The molecule has 0 saturated carbocycles. The maximum absolute atomic E-state index is 5.20. The molecular formula is C8H16O. The second-order valence-electron chi connectivity index (χ2n) is 1.95. The van der Waals surface area contributed by atoms with Gasteiger partial charge in [0.05, 0.1) is 6.61 Å². The standard InChI is InChI=1S/C8H16O/c1-3-5-6-8-9-7-4-2/h5-6H,3-4,7-8H2,1-2H3/b6-5+. The van der Waals surface area contributed by atoms with Crippen molar-refractivity contribution in [1.82, 2.24) is 0 Å². The van der Waals surface area contributed by atoms with Crippen LogP contribution in [-0.4, -0.2) is 13.2 Å². The molecule has 0 saturated heterocycles. The third kappa shape index (κ3) is 7.70. The van der Waals surface area contributed by atoms with E-state index in [2.05, 4.69) is 26.0 Å². The van der Waals surface area contributed by atoms with Gasteiger partial charge >= 0.3 is 0 Å². The van der Waals surface area contributed by atoms with Crippen molar-refractivity contribution in [3.05, 3.63) is 12.2 Å². The van der Waals surface area contributed by atoms with Crippen LogP contribution in [0.3, 0.4) is 0 Å². The van der Waals surface area contributed by atoms with Gasteiger partial charge in [0.1, 0.15) is 0 Å². The molecule has 0 spiro atoms. The van der Waals surface area contributed by atoms with Gasteiger partial charge in [0.2, 0.25) is 0 Å².